The molecular formula is C18H25N3O5S. The summed E-state index contributed by atoms with van der Waals surface area (Å²) >= 11 is 0. The van der Waals surface area contributed by atoms with E-state index in [1.807, 2.05) is 13.8 Å². The lowest BCUT2D eigenvalue weighted by Gasteiger charge is -2.24. The third kappa shape index (κ3) is 4.48. The Bertz CT molecular complexity index is 818. The van der Waals surface area contributed by atoms with Crippen molar-refractivity contribution >= 4 is 21.8 Å². The zero-order chi connectivity index (χ0) is 19.4. The minimum absolute atomic E-state index is 0.106. The van der Waals surface area contributed by atoms with E-state index >= 15 is 0 Å². The maximum Gasteiger partial charge on any atom is 0.268 e. The summed E-state index contributed by atoms with van der Waals surface area (Å²) in [5.41, 5.74) is 2.91. The molecule has 2 aliphatic rings. The Morgan fingerprint density at radius 3 is 2.89 bits per heavy atom. The van der Waals surface area contributed by atoms with E-state index in [1.54, 1.807) is 18.2 Å². The number of carbonyl (C=O) groups is 1. The number of amides is 1. The van der Waals surface area contributed by atoms with Crippen LogP contribution in [0.3, 0.4) is 0 Å². The third-order valence-corrected chi connectivity index (χ3v) is 6.21. The van der Waals surface area contributed by atoms with E-state index < -0.39 is 28.3 Å². The van der Waals surface area contributed by atoms with Gasteiger partial charge in [-0.25, -0.2) is 18.7 Å². The van der Waals surface area contributed by atoms with Gasteiger partial charge in [-0.1, -0.05) is 32.4 Å². The molecule has 0 aromatic heterocycles. The summed E-state index contributed by atoms with van der Waals surface area (Å²) in [5.74, 6) is -0.347. The molecule has 3 atom stereocenters. The monoisotopic (exact) mass is 395 g/mol. The summed E-state index contributed by atoms with van der Waals surface area (Å²) in [6, 6.07) is 5.78. The van der Waals surface area contributed by atoms with Gasteiger partial charge in [0.25, 0.3) is 15.9 Å². The predicted molar refractivity (Wildman–Crippen MR) is 99.4 cm³/mol. The molecule has 1 aromatic carbocycles. The molecule has 1 fully saturated rings. The van der Waals surface area contributed by atoms with Crippen LogP contribution in [0, 0.1) is 5.92 Å². The topological polar surface area (TPSA) is 106 Å². The summed E-state index contributed by atoms with van der Waals surface area (Å²) in [7, 11) is -3.65. The second-order valence-corrected chi connectivity index (χ2v) is 8.44. The largest absolute Gasteiger partial charge is 0.350 e. The van der Waals surface area contributed by atoms with Crippen LogP contribution in [-0.4, -0.2) is 39.1 Å². The van der Waals surface area contributed by atoms with E-state index in [4.69, 9.17) is 9.57 Å². The van der Waals surface area contributed by atoms with Crippen molar-refractivity contribution in [3.63, 3.8) is 0 Å². The van der Waals surface area contributed by atoms with Crippen molar-refractivity contribution in [1.29, 1.82) is 0 Å². The van der Waals surface area contributed by atoms with E-state index in [9.17, 15) is 13.2 Å². The smallest absolute Gasteiger partial charge is 0.268 e. The van der Waals surface area contributed by atoms with Gasteiger partial charge >= 0.3 is 0 Å². The van der Waals surface area contributed by atoms with Crippen LogP contribution in [0.5, 0.6) is 0 Å². The fraction of sp³-hybridized carbons (Fsp3) is 0.556. The number of aliphatic imine (C=N–C) groups is 1. The van der Waals surface area contributed by atoms with E-state index in [1.165, 1.54) is 6.07 Å². The number of nitrogens with zero attached hydrogens (tertiary/aromatic N) is 1. The van der Waals surface area contributed by atoms with E-state index in [-0.39, 0.29) is 16.6 Å². The average Bonchev–Trinajstić information content (AvgIpc) is 2.95. The lowest BCUT2D eigenvalue weighted by molar-refractivity contribution is -0.201. The van der Waals surface area contributed by atoms with E-state index in [0.717, 1.165) is 19.3 Å². The van der Waals surface area contributed by atoms with Crippen molar-refractivity contribution < 1.29 is 22.8 Å². The van der Waals surface area contributed by atoms with Gasteiger partial charge in [0, 0.05) is 18.6 Å². The van der Waals surface area contributed by atoms with Gasteiger partial charge in [0.1, 0.15) is 11.9 Å². The first-order chi connectivity index (χ1) is 12.9. The fourth-order valence-corrected chi connectivity index (χ4v) is 4.26. The number of ether oxygens (including phenoxy) is 1. The van der Waals surface area contributed by atoms with Crippen molar-refractivity contribution in [3.05, 3.63) is 29.8 Å². The Hall–Kier alpha value is -1.97. The van der Waals surface area contributed by atoms with Crippen molar-refractivity contribution in [2.45, 2.75) is 56.8 Å². The SMILES string of the molecule is CC[C@H](C)[C@H](N=C1NS(=O)(=O)c2ccccc21)C(=O)NOC1CCCCO1. The number of hydrogen-bond acceptors (Lipinski definition) is 6. The Morgan fingerprint density at radius 2 is 2.19 bits per heavy atom. The van der Waals surface area contributed by atoms with Gasteiger partial charge in [0.2, 0.25) is 0 Å². The fourth-order valence-electron chi connectivity index (χ4n) is 3.02. The van der Waals surface area contributed by atoms with Gasteiger partial charge in [-0.15, -0.1) is 0 Å². The van der Waals surface area contributed by atoms with Crippen LogP contribution in [0.15, 0.2) is 34.2 Å². The highest BCUT2D eigenvalue weighted by molar-refractivity contribution is 7.90. The Balaban J connectivity index is 1.79. The first-order valence-corrected chi connectivity index (χ1v) is 10.7. The molecular weight excluding hydrogens is 370 g/mol. The number of fused-ring (bicyclic) bond motifs is 1. The lowest BCUT2D eigenvalue weighted by Crippen LogP contribution is -2.41. The Kier molecular flexibility index (Phi) is 6.13. The highest BCUT2D eigenvalue weighted by Crippen LogP contribution is 2.24. The second kappa shape index (κ2) is 8.37. The molecule has 2 N–H and O–H groups in total. The Morgan fingerprint density at radius 1 is 1.41 bits per heavy atom. The first-order valence-electron chi connectivity index (χ1n) is 9.19. The zero-order valence-corrected chi connectivity index (χ0v) is 16.3. The molecule has 2 aliphatic heterocycles. The van der Waals surface area contributed by atoms with Crippen LogP contribution in [0.4, 0.5) is 0 Å². The van der Waals surface area contributed by atoms with Crippen LogP contribution in [0.25, 0.3) is 0 Å². The van der Waals surface area contributed by atoms with Crippen molar-refractivity contribution in [1.82, 2.24) is 10.2 Å². The molecule has 148 valence electrons. The Labute approximate surface area is 159 Å². The van der Waals surface area contributed by atoms with Crippen LogP contribution in [0.1, 0.15) is 45.1 Å². The van der Waals surface area contributed by atoms with Gasteiger partial charge < -0.3 is 4.74 Å². The maximum atomic E-state index is 12.7. The summed E-state index contributed by atoms with van der Waals surface area (Å²) in [4.78, 5) is 22.6. The number of hydroxylamine groups is 1. The molecule has 27 heavy (non-hydrogen) atoms. The molecule has 9 heteroatoms. The normalized spacial score (nSPS) is 24.7. The standard InChI is InChI=1S/C18H25N3O5S/c1-3-12(2)16(18(22)20-26-15-10-6-7-11-25-15)19-17-13-8-4-5-9-14(13)27(23,24)21-17/h4-5,8-9,12,15-16H,3,6-7,10-11H2,1-2H3,(H,19,21)(H,20,22)/t12-,15?,16-/m0/s1. The molecule has 1 aromatic rings. The summed E-state index contributed by atoms with van der Waals surface area (Å²) < 4.78 is 32.4. The van der Waals surface area contributed by atoms with Crippen LogP contribution < -0.4 is 10.2 Å². The van der Waals surface area contributed by atoms with Gasteiger partial charge in [-0.3, -0.25) is 14.5 Å². The van der Waals surface area contributed by atoms with Gasteiger partial charge in [0.15, 0.2) is 6.29 Å². The molecule has 2 heterocycles. The maximum absolute atomic E-state index is 12.7. The summed E-state index contributed by atoms with van der Waals surface area (Å²) in [5, 5.41) is 0. The van der Waals surface area contributed by atoms with Crippen LogP contribution in [0.2, 0.25) is 0 Å². The number of sulfonamides is 1. The highest BCUT2D eigenvalue weighted by atomic mass is 32.2. The number of nitrogens with one attached hydrogen (secondary N) is 2. The summed E-state index contributed by atoms with van der Waals surface area (Å²) in [6.07, 6.45) is 2.92. The lowest BCUT2D eigenvalue weighted by atomic mass is 9.99. The molecule has 0 saturated carbocycles. The molecule has 0 bridgehead atoms. The van der Waals surface area contributed by atoms with Crippen molar-refractivity contribution in [2.75, 3.05) is 6.61 Å². The molecule has 1 amide bonds. The van der Waals surface area contributed by atoms with Gasteiger partial charge in [0.05, 0.1) is 4.90 Å². The minimum atomic E-state index is -3.65. The number of amidine groups is 1. The van der Waals surface area contributed by atoms with E-state index in [2.05, 4.69) is 15.2 Å². The molecule has 0 aliphatic carbocycles. The van der Waals surface area contributed by atoms with Gasteiger partial charge in [-0.2, -0.15) is 0 Å². The van der Waals surface area contributed by atoms with Crippen LogP contribution in [-0.2, 0) is 24.4 Å². The van der Waals surface area contributed by atoms with Crippen molar-refractivity contribution in [2.24, 2.45) is 10.9 Å². The molecule has 0 radical (unpaired) electrons. The number of hydrogen-bond donors (Lipinski definition) is 2. The number of carbonyl (C=O) groups excluding carboxylic acids is 1. The second-order valence-electron chi connectivity index (χ2n) is 6.79. The molecule has 1 unspecified atom stereocenters. The molecule has 3 rings (SSSR count). The first kappa shape index (κ1) is 19.8. The van der Waals surface area contributed by atoms with Crippen LogP contribution >= 0.6 is 0 Å². The molecule has 8 nitrogen and oxygen atoms in total. The van der Waals surface area contributed by atoms with Gasteiger partial charge in [-0.05, 0) is 30.9 Å². The van der Waals surface area contributed by atoms with Crippen molar-refractivity contribution in [3.8, 4) is 0 Å². The van der Waals surface area contributed by atoms with E-state index in [0.29, 0.717) is 18.6 Å². The third-order valence-electron chi connectivity index (χ3n) is 4.81. The number of rotatable bonds is 6. The number of benzene rings is 1. The highest BCUT2D eigenvalue weighted by Gasteiger charge is 2.33. The predicted octanol–water partition coefficient (Wildman–Crippen LogP) is 1.71. The average molecular weight is 395 g/mol. The minimum Gasteiger partial charge on any atom is -0.350 e. The summed E-state index contributed by atoms with van der Waals surface area (Å²) in [6.45, 7) is 4.44. The molecule has 0 spiro atoms. The zero-order valence-electron chi connectivity index (χ0n) is 15.5. The molecule has 1 saturated heterocycles. The quantitative estimate of drug-likeness (QED) is 0.714.